The summed E-state index contributed by atoms with van der Waals surface area (Å²) in [5.41, 5.74) is 2.07. The van der Waals surface area contributed by atoms with Gasteiger partial charge >= 0.3 is 0 Å². The quantitative estimate of drug-likeness (QED) is 0.573. The number of sulfonamides is 1. The molecule has 0 aliphatic heterocycles. The minimum absolute atomic E-state index is 0.0879. The van der Waals surface area contributed by atoms with Gasteiger partial charge in [0.25, 0.3) is 15.9 Å². The lowest BCUT2D eigenvalue weighted by atomic mass is 10.1. The Morgan fingerprint density at radius 1 is 0.893 bits per heavy atom. The van der Waals surface area contributed by atoms with Gasteiger partial charge in [-0.25, -0.2) is 8.42 Å². The SMILES string of the molecule is O=C(NCCCc1ccccc1)c1ccc(S(=O)(=O)Nc2ccncc2)cc1. The average molecular weight is 395 g/mol. The third-order valence-electron chi connectivity index (χ3n) is 4.13. The fraction of sp³-hybridized carbons (Fsp3) is 0.143. The number of carbonyl (C=O) groups excluding carboxylic acids is 1. The molecule has 2 aromatic carbocycles. The lowest BCUT2D eigenvalue weighted by Crippen LogP contribution is -2.24. The van der Waals surface area contributed by atoms with Crippen LogP contribution in [0.4, 0.5) is 5.69 Å². The van der Waals surface area contributed by atoms with Gasteiger partial charge in [0, 0.05) is 24.5 Å². The van der Waals surface area contributed by atoms with Crippen LogP contribution >= 0.6 is 0 Å². The second kappa shape index (κ2) is 9.14. The molecule has 2 N–H and O–H groups in total. The highest BCUT2D eigenvalue weighted by molar-refractivity contribution is 7.92. The standard InChI is InChI=1S/C21H21N3O3S/c25-21(23-14-4-7-17-5-2-1-3-6-17)18-8-10-20(11-9-18)28(26,27)24-19-12-15-22-16-13-19/h1-3,5-6,8-13,15-16H,4,7,14H2,(H,22,24)(H,23,25). The number of anilines is 1. The van der Waals surface area contributed by atoms with Gasteiger partial charge in [-0.2, -0.15) is 0 Å². The minimum atomic E-state index is -3.72. The molecule has 0 fully saturated rings. The van der Waals surface area contributed by atoms with Gasteiger partial charge in [0.1, 0.15) is 0 Å². The molecule has 1 aromatic heterocycles. The second-order valence-corrected chi connectivity index (χ2v) is 7.89. The number of amides is 1. The first-order valence-electron chi connectivity index (χ1n) is 8.90. The Bertz CT molecular complexity index is 1010. The number of carbonyl (C=O) groups is 1. The molecule has 1 amide bonds. The van der Waals surface area contributed by atoms with Crippen LogP contribution in [0.5, 0.6) is 0 Å². The highest BCUT2D eigenvalue weighted by Crippen LogP contribution is 2.16. The summed E-state index contributed by atoms with van der Waals surface area (Å²) in [5.74, 6) is -0.223. The molecular weight excluding hydrogens is 374 g/mol. The van der Waals surface area contributed by atoms with Crippen molar-refractivity contribution in [1.82, 2.24) is 10.3 Å². The summed E-state index contributed by atoms with van der Waals surface area (Å²) in [7, 11) is -3.72. The molecule has 7 heteroatoms. The molecule has 3 aromatic rings. The molecule has 0 saturated heterocycles. The normalized spacial score (nSPS) is 11.0. The predicted molar refractivity (Wildman–Crippen MR) is 109 cm³/mol. The predicted octanol–water partition coefficient (Wildman–Crippen LogP) is 3.25. The number of rotatable bonds is 8. The third kappa shape index (κ3) is 5.40. The van der Waals surface area contributed by atoms with E-state index in [0.717, 1.165) is 12.8 Å². The van der Waals surface area contributed by atoms with Crippen LogP contribution in [0.1, 0.15) is 22.3 Å². The van der Waals surface area contributed by atoms with Gasteiger partial charge in [-0.1, -0.05) is 30.3 Å². The zero-order valence-corrected chi connectivity index (χ0v) is 16.0. The fourth-order valence-electron chi connectivity index (χ4n) is 2.66. The molecule has 0 aliphatic rings. The van der Waals surface area contributed by atoms with Crippen molar-refractivity contribution in [2.45, 2.75) is 17.7 Å². The average Bonchev–Trinajstić information content (AvgIpc) is 2.72. The van der Waals surface area contributed by atoms with Crippen LogP contribution in [0.15, 0.2) is 84.0 Å². The maximum atomic E-state index is 12.4. The number of nitrogens with zero attached hydrogens (tertiary/aromatic N) is 1. The van der Waals surface area contributed by atoms with E-state index in [2.05, 4.69) is 27.2 Å². The van der Waals surface area contributed by atoms with Crippen molar-refractivity contribution in [2.75, 3.05) is 11.3 Å². The van der Waals surface area contributed by atoms with Crippen LogP contribution in [0.3, 0.4) is 0 Å². The van der Waals surface area contributed by atoms with Crippen LogP contribution in [-0.4, -0.2) is 25.9 Å². The number of benzene rings is 2. The maximum Gasteiger partial charge on any atom is 0.261 e. The molecule has 144 valence electrons. The molecule has 0 saturated carbocycles. The molecule has 0 atom stereocenters. The van der Waals surface area contributed by atoms with E-state index in [-0.39, 0.29) is 10.8 Å². The first-order chi connectivity index (χ1) is 13.5. The van der Waals surface area contributed by atoms with Gasteiger partial charge in [0.2, 0.25) is 0 Å². The van der Waals surface area contributed by atoms with Crippen molar-refractivity contribution >= 4 is 21.6 Å². The topological polar surface area (TPSA) is 88.2 Å². The van der Waals surface area contributed by atoms with E-state index in [0.29, 0.717) is 17.8 Å². The van der Waals surface area contributed by atoms with E-state index in [1.807, 2.05) is 18.2 Å². The molecule has 0 unspecified atom stereocenters. The lowest BCUT2D eigenvalue weighted by Gasteiger charge is -2.09. The third-order valence-corrected chi connectivity index (χ3v) is 5.53. The summed E-state index contributed by atoms with van der Waals surface area (Å²) in [4.78, 5) is 16.2. The summed E-state index contributed by atoms with van der Waals surface area (Å²) in [6, 6.07) is 19.1. The first kappa shape index (κ1) is 19.6. The van der Waals surface area contributed by atoms with Crippen molar-refractivity contribution in [1.29, 1.82) is 0 Å². The number of nitrogens with one attached hydrogen (secondary N) is 2. The Morgan fingerprint density at radius 3 is 2.25 bits per heavy atom. The van der Waals surface area contributed by atoms with E-state index in [9.17, 15) is 13.2 Å². The van der Waals surface area contributed by atoms with Gasteiger partial charge in [-0.05, 0) is 54.8 Å². The van der Waals surface area contributed by atoms with E-state index in [4.69, 9.17) is 0 Å². The van der Waals surface area contributed by atoms with Crippen LogP contribution in [0, 0.1) is 0 Å². The fourth-order valence-corrected chi connectivity index (χ4v) is 3.72. The minimum Gasteiger partial charge on any atom is -0.352 e. The zero-order valence-electron chi connectivity index (χ0n) is 15.2. The summed E-state index contributed by atoms with van der Waals surface area (Å²) in [6.45, 7) is 0.553. The lowest BCUT2D eigenvalue weighted by molar-refractivity contribution is 0.0953. The van der Waals surface area contributed by atoms with Crippen molar-refractivity contribution in [3.8, 4) is 0 Å². The van der Waals surface area contributed by atoms with Gasteiger partial charge in [0.05, 0.1) is 10.6 Å². The number of hydrogen-bond donors (Lipinski definition) is 2. The Labute approximate surface area is 164 Å². The molecule has 3 rings (SSSR count). The molecule has 6 nitrogen and oxygen atoms in total. The van der Waals surface area contributed by atoms with Crippen LogP contribution in [0.25, 0.3) is 0 Å². The van der Waals surface area contributed by atoms with Gasteiger partial charge in [-0.15, -0.1) is 0 Å². The first-order valence-corrected chi connectivity index (χ1v) is 10.4. The molecule has 1 heterocycles. The number of hydrogen-bond acceptors (Lipinski definition) is 4. The molecular formula is C21H21N3O3S. The monoisotopic (exact) mass is 395 g/mol. The van der Waals surface area contributed by atoms with Crippen LogP contribution < -0.4 is 10.0 Å². The maximum absolute atomic E-state index is 12.4. The van der Waals surface area contributed by atoms with Crippen molar-refractivity contribution < 1.29 is 13.2 Å². The summed E-state index contributed by atoms with van der Waals surface area (Å²) in [5, 5.41) is 2.86. The van der Waals surface area contributed by atoms with Crippen molar-refractivity contribution in [3.63, 3.8) is 0 Å². The van der Waals surface area contributed by atoms with E-state index < -0.39 is 10.0 Å². The van der Waals surface area contributed by atoms with E-state index >= 15 is 0 Å². The number of aromatic nitrogens is 1. The number of aryl methyl sites for hydroxylation is 1. The number of pyridine rings is 1. The van der Waals surface area contributed by atoms with Crippen LogP contribution in [-0.2, 0) is 16.4 Å². The summed E-state index contributed by atoms with van der Waals surface area (Å²) >= 11 is 0. The van der Waals surface area contributed by atoms with Crippen molar-refractivity contribution in [3.05, 3.63) is 90.3 Å². The van der Waals surface area contributed by atoms with E-state index in [1.165, 1.54) is 42.2 Å². The Hall–Kier alpha value is -3.19. The summed E-state index contributed by atoms with van der Waals surface area (Å²) < 4.78 is 27.3. The largest absolute Gasteiger partial charge is 0.352 e. The molecule has 0 bridgehead atoms. The molecule has 0 radical (unpaired) electrons. The Kier molecular flexibility index (Phi) is 6.39. The smallest absolute Gasteiger partial charge is 0.261 e. The van der Waals surface area contributed by atoms with Gasteiger partial charge in [0.15, 0.2) is 0 Å². The molecule has 0 aliphatic carbocycles. The molecule has 28 heavy (non-hydrogen) atoms. The zero-order chi connectivity index (χ0) is 19.8. The van der Waals surface area contributed by atoms with Gasteiger partial charge in [-0.3, -0.25) is 14.5 Å². The van der Waals surface area contributed by atoms with Gasteiger partial charge < -0.3 is 5.32 Å². The Morgan fingerprint density at radius 2 is 1.57 bits per heavy atom. The summed E-state index contributed by atoms with van der Waals surface area (Å²) in [6.07, 6.45) is 4.73. The Balaban J connectivity index is 1.53. The molecule has 0 spiro atoms. The second-order valence-electron chi connectivity index (χ2n) is 6.21. The van der Waals surface area contributed by atoms with Crippen molar-refractivity contribution in [2.24, 2.45) is 0 Å². The highest BCUT2D eigenvalue weighted by atomic mass is 32.2. The van der Waals surface area contributed by atoms with E-state index in [1.54, 1.807) is 12.1 Å². The van der Waals surface area contributed by atoms with Crippen LogP contribution in [0.2, 0.25) is 0 Å². The highest BCUT2D eigenvalue weighted by Gasteiger charge is 2.15.